The Hall–Kier alpha value is -2.02. The number of carboxylic acids is 1. The van der Waals surface area contributed by atoms with E-state index in [-0.39, 0.29) is 0 Å². The summed E-state index contributed by atoms with van der Waals surface area (Å²) in [5.74, 6) is 0.519. The van der Waals surface area contributed by atoms with Crippen LogP contribution in [0.5, 0.6) is 5.75 Å². The van der Waals surface area contributed by atoms with Gasteiger partial charge in [-0.3, -0.25) is 0 Å². The molecule has 1 heterocycles. The fraction of sp³-hybridized carbons (Fsp3) is 0. The van der Waals surface area contributed by atoms with Crippen LogP contribution in [0.1, 0.15) is 16.1 Å². The molecule has 60 valence electrons. The molecule has 0 fully saturated rings. The molecule has 4 heteroatoms. The third kappa shape index (κ3) is 1.35. The van der Waals surface area contributed by atoms with Gasteiger partial charge in [0.15, 0.2) is 5.69 Å². The molecular weight excluding hydrogens is 158 g/mol. The number of terminal acetylenes is 1. The lowest BCUT2D eigenvalue weighted by molar-refractivity contribution is 0.0687. The molecule has 0 aromatic carbocycles. The third-order valence-electron chi connectivity index (χ3n) is 1.24. The second-order valence-corrected chi connectivity index (χ2v) is 2.04. The number of aromatic hydroxyl groups is 1. The predicted molar refractivity (Wildman–Crippen MR) is 40.8 cm³/mol. The van der Waals surface area contributed by atoms with E-state index in [0.717, 1.165) is 0 Å². The third-order valence-corrected chi connectivity index (χ3v) is 1.24. The molecule has 1 aromatic heterocycles. The summed E-state index contributed by atoms with van der Waals surface area (Å²) in [5, 5.41) is 17.5. The van der Waals surface area contributed by atoms with Gasteiger partial charge < -0.3 is 10.2 Å². The summed E-state index contributed by atoms with van der Waals surface area (Å²) in [4.78, 5) is 13.8. The van der Waals surface area contributed by atoms with E-state index in [0.29, 0.717) is 5.56 Å². The first kappa shape index (κ1) is 8.08. The topological polar surface area (TPSA) is 70.4 Å². The van der Waals surface area contributed by atoms with Gasteiger partial charge in [0.05, 0.1) is 0 Å². The highest BCUT2D eigenvalue weighted by Gasteiger charge is 2.10. The van der Waals surface area contributed by atoms with Crippen molar-refractivity contribution in [1.29, 1.82) is 0 Å². The van der Waals surface area contributed by atoms with Crippen molar-refractivity contribution in [2.45, 2.75) is 0 Å². The number of rotatable bonds is 1. The minimum absolute atomic E-state index is 0.345. The lowest BCUT2D eigenvalue weighted by Crippen LogP contribution is -2.00. The van der Waals surface area contributed by atoms with Gasteiger partial charge in [0.25, 0.3) is 0 Å². The molecule has 0 amide bonds. The van der Waals surface area contributed by atoms with Crippen molar-refractivity contribution in [1.82, 2.24) is 4.98 Å². The monoisotopic (exact) mass is 163 g/mol. The molecule has 4 nitrogen and oxygen atoms in total. The summed E-state index contributed by atoms with van der Waals surface area (Å²) in [6, 6.07) is 1.18. The van der Waals surface area contributed by atoms with Crippen molar-refractivity contribution in [3.05, 3.63) is 23.5 Å². The first-order valence-corrected chi connectivity index (χ1v) is 3.04. The number of aromatic carboxylic acids is 1. The number of carboxylic acid groups (broad SMARTS) is 1. The number of hydrogen-bond donors (Lipinski definition) is 2. The fourth-order valence-electron chi connectivity index (χ4n) is 0.697. The average Bonchev–Trinajstić information content (AvgIpc) is 2.03. The molecule has 2 N–H and O–H groups in total. The number of carbonyl (C=O) groups is 1. The zero-order chi connectivity index (χ0) is 9.14. The Bertz CT molecular complexity index is 365. The minimum atomic E-state index is -1.28. The molecule has 0 bridgehead atoms. The van der Waals surface area contributed by atoms with Gasteiger partial charge in [-0.1, -0.05) is 5.92 Å². The van der Waals surface area contributed by atoms with Crippen LogP contribution >= 0.6 is 0 Å². The Morgan fingerprint density at radius 3 is 2.75 bits per heavy atom. The number of nitrogens with zero attached hydrogens (tertiary/aromatic N) is 1. The van der Waals surface area contributed by atoms with Crippen molar-refractivity contribution >= 4 is 5.97 Å². The Morgan fingerprint density at radius 2 is 2.33 bits per heavy atom. The van der Waals surface area contributed by atoms with E-state index in [9.17, 15) is 4.79 Å². The van der Waals surface area contributed by atoms with Gasteiger partial charge in [0.2, 0.25) is 0 Å². The molecular formula is C8H5NO3. The van der Waals surface area contributed by atoms with E-state index in [4.69, 9.17) is 16.6 Å². The highest BCUT2D eigenvalue weighted by Crippen LogP contribution is 2.14. The van der Waals surface area contributed by atoms with Gasteiger partial charge in [0.1, 0.15) is 5.75 Å². The SMILES string of the molecule is C#Cc1cnc(C(=O)O)c(O)c1. The Morgan fingerprint density at radius 1 is 1.67 bits per heavy atom. The highest BCUT2D eigenvalue weighted by atomic mass is 16.4. The molecule has 0 aliphatic carbocycles. The lowest BCUT2D eigenvalue weighted by atomic mass is 10.2. The molecule has 12 heavy (non-hydrogen) atoms. The lowest BCUT2D eigenvalue weighted by Gasteiger charge is -1.97. The van der Waals surface area contributed by atoms with E-state index in [2.05, 4.69) is 10.9 Å². The average molecular weight is 163 g/mol. The number of aromatic nitrogens is 1. The Balaban J connectivity index is 3.23. The maximum absolute atomic E-state index is 10.3. The first-order chi connectivity index (χ1) is 5.65. The van der Waals surface area contributed by atoms with E-state index < -0.39 is 17.4 Å². The first-order valence-electron chi connectivity index (χ1n) is 3.04. The maximum Gasteiger partial charge on any atom is 0.358 e. The summed E-state index contributed by atoms with van der Waals surface area (Å²) in [7, 11) is 0. The van der Waals surface area contributed by atoms with Crippen molar-refractivity contribution in [3.8, 4) is 18.1 Å². The van der Waals surface area contributed by atoms with Gasteiger partial charge >= 0.3 is 5.97 Å². The molecule has 0 unspecified atom stereocenters. The van der Waals surface area contributed by atoms with Gasteiger partial charge in [-0.25, -0.2) is 9.78 Å². The van der Waals surface area contributed by atoms with Crippen LogP contribution in [0.15, 0.2) is 12.3 Å². The summed E-state index contributed by atoms with van der Waals surface area (Å²) in [5.41, 5.74) is -0.0495. The van der Waals surface area contributed by atoms with Crippen LogP contribution in [0.2, 0.25) is 0 Å². The van der Waals surface area contributed by atoms with Crippen molar-refractivity contribution < 1.29 is 15.0 Å². The number of hydrogen-bond acceptors (Lipinski definition) is 3. The molecule has 0 radical (unpaired) electrons. The van der Waals surface area contributed by atoms with Gasteiger partial charge in [0, 0.05) is 11.8 Å². The van der Waals surface area contributed by atoms with E-state index in [1.54, 1.807) is 0 Å². The zero-order valence-corrected chi connectivity index (χ0v) is 5.98. The molecule has 0 aliphatic rings. The summed E-state index contributed by atoms with van der Waals surface area (Å²) in [6.07, 6.45) is 6.21. The van der Waals surface area contributed by atoms with Gasteiger partial charge in [-0.15, -0.1) is 6.42 Å². The summed E-state index contributed by atoms with van der Waals surface area (Å²) < 4.78 is 0. The fourth-order valence-corrected chi connectivity index (χ4v) is 0.697. The van der Waals surface area contributed by atoms with Crippen molar-refractivity contribution in [3.63, 3.8) is 0 Å². The maximum atomic E-state index is 10.3. The van der Waals surface area contributed by atoms with E-state index in [1.165, 1.54) is 12.3 Å². The quantitative estimate of drug-likeness (QED) is 0.590. The molecule has 0 saturated heterocycles. The molecule has 1 rings (SSSR count). The smallest absolute Gasteiger partial charge is 0.358 e. The van der Waals surface area contributed by atoms with Crippen molar-refractivity contribution in [2.75, 3.05) is 0 Å². The Labute approximate surface area is 68.5 Å². The molecule has 0 atom stereocenters. The van der Waals surface area contributed by atoms with Crippen LogP contribution in [0.3, 0.4) is 0 Å². The molecule has 0 aliphatic heterocycles. The van der Waals surface area contributed by atoms with Crippen LogP contribution in [0.4, 0.5) is 0 Å². The zero-order valence-electron chi connectivity index (χ0n) is 5.98. The van der Waals surface area contributed by atoms with Crippen LogP contribution in [0, 0.1) is 12.3 Å². The van der Waals surface area contributed by atoms with Crippen molar-refractivity contribution in [2.24, 2.45) is 0 Å². The van der Waals surface area contributed by atoms with Crippen LogP contribution < -0.4 is 0 Å². The van der Waals surface area contributed by atoms with E-state index >= 15 is 0 Å². The normalized spacial score (nSPS) is 8.92. The highest BCUT2D eigenvalue weighted by molar-refractivity contribution is 5.88. The summed E-state index contributed by atoms with van der Waals surface area (Å²) in [6.45, 7) is 0. The largest absolute Gasteiger partial charge is 0.505 e. The molecule has 0 saturated carbocycles. The van der Waals surface area contributed by atoms with Crippen LogP contribution in [0.25, 0.3) is 0 Å². The van der Waals surface area contributed by atoms with Gasteiger partial charge in [-0.05, 0) is 6.07 Å². The molecule has 1 aromatic rings. The second-order valence-electron chi connectivity index (χ2n) is 2.04. The molecule has 0 spiro atoms. The van der Waals surface area contributed by atoms with Crippen LogP contribution in [-0.2, 0) is 0 Å². The van der Waals surface area contributed by atoms with Gasteiger partial charge in [-0.2, -0.15) is 0 Å². The summed E-state index contributed by atoms with van der Waals surface area (Å²) >= 11 is 0. The second kappa shape index (κ2) is 2.93. The minimum Gasteiger partial charge on any atom is -0.505 e. The van der Waals surface area contributed by atoms with E-state index in [1.807, 2.05) is 0 Å². The van der Waals surface area contributed by atoms with Crippen LogP contribution in [-0.4, -0.2) is 21.2 Å². The Kier molecular flexibility index (Phi) is 1.97. The number of pyridine rings is 1. The standard InChI is InChI=1S/C8H5NO3/c1-2-5-3-6(10)7(8(11)12)9-4-5/h1,3-4,10H,(H,11,12). The predicted octanol–water partition coefficient (Wildman–Crippen LogP) is 0.467.